The lowest BCUT2D eigenvalue weighted by molar-refractivity contribution is 0.534. The van der Waals surface area contributed by atoms with Crippen LogP contribution >= 0.6 is 11.3 Å². The van der Waals surface area contributed by atoms with Crippen molar-refractivity contribution >= 4 is 17.0 Å². The molecule has 2 N–H and O–H groups in total. The summed E-state index contributed by atoms with van der Waals surface area (Å²) in [5, 5.41) is 4.49. The predicted octanol–water partition coefficient (Wildman–Crippen LogP) is 3.08. The van der Waals surface area contributed by atoms with E-state index in [0.717, 1.165) is 16.3 Å². The molecule has 0 fully saturated rings. The van der Waals surface area contributed by atoms with Crippen molar-refractivity contribution in [2.75, 3.05) is 5.73 Å². The monoisotopic (exact) mass is 221 g/mol. The highest BCUT2D eigenvalue weighted by atomic mass is 32.1. The summed E-state index contributed by atoms with van der Waals surface area (Å²) in [6, 6.07) is 4.51. The molecule has 2 rings (SSSR count). The molecule has 0 amide bonds. The Morgan fingerprint density at radius 2 is 2.13 bits per heavy atom. The Morgan fingerprint density at radius 3 is 2.60 bits per heavy atom. The first-order valence-electron chi connectivity index (χ1n) is 4.99. The number of rotatable bonds is 2. The number of hydrogen-bond acceptors (Lipinski definition) is 3. The third-order valence-corrected chi connectivity index (χ3v) is 3.27. The molecule has 0 atom stereocenters. The molecule has 0 aliphatic heterocycles. The van der Waals surface area contributed by atoms with Crippen LogP contribution in [0.3, 0.4) is 0 Å². The summed E-state index contributed by atoms with van der Waals surface area (Å²) < 4.78 is 1.90. The topological polar surface area (TPSA) is 43.8 Å². The van der Waals surface area contributed by atoms with E-state index in [2.05, 4.69) is 38.0 Å². The van der Waals surface area contributed by atoms with Crippen LogP contribution < -0.4 is 5.73 Å². The zero-order valence-electron chi connectivity index (χ0n) is 9.19. The number of hydrogen-bond donors (Lipinski definition) is 1. The highest BCUT2D eigenvalue weighted by Gasteiger charge is 2.11. The van der Waals surface area contributed by atoms with Crippen LogP contribution in [0, 0.1) is 6.92 Å². The fraction of sp³-hybridized carbons (Fsp3) is 0.364. The summed E-state index contributed by atoms with van der Waals surface area (Å²) >= 11 is 1.72. The molecule has 0 aliphatic carbocycles. The maximum absolute atomic E-state index is 5.94. The molecule has 0 unspecified atom stereocenters. The van der Waals surface area contributed by atoms with Gasteiger partial charge in [-0.05, 0) is 32.9 Å². The summed E-state index contributed by atoms with van der Waals surface area (Å²) in [7, 11) is 0. The van der Waals surface area contributed by atoms with E-state index in [1.807, 2.05) is 10.9 Å². The van der Waals surface area contributed by atoms with Crippen LogP contribution in [0.2, 0.25) is 0 Å². The zero-order valence-corrected chi connectivity index (χ0v) is 10.0. The Hall–Kier alpha value is -1.29. The first-order valence-corrected chi connectivity index (χ1v) is 5.81. The summed E-state index contributed by atoms with van der Waals surface area (Å²) in [6.07, 6.45) is 1.90. The number of nitrogens with zero attached hydrogens (tertiary/aromatic N) is 2. The van der Waals surface area contributed by atoms with Crippen molar-refractivity contribution in [3.8, 4) is 10.6 Å². The van der Waals surface area contributed by atoms with Gasteiger partial charge in [-0.15, -0.1) is 11.3 Å². The van der Waals surface area contributed by atoms with E-state index in [1.165, 1.54) is 4.88 Å². The van der Waals surface area contributed by atoms with E-state index < -0.39 is 0 Å². The maximum Gasteiger partial charge on any atom is 0.125 e. The van der Waals surface area contributed by atoms with Crippen LogP contribution in [0.5, 0.6) is 0 Å². The molecule has 0 bridgehead atoms. The van der Waals surface area contributed by atoms with Gasteiger partial charge < -0.3 is 5.73 Å². The van der Waals surface area contributed by atoms with Crippen LogP contribution in [0.25, 0.3) is 10.6 Å². The van der Waals surface area contributed by atoms with Gasteiger partial charge in [0.2, 0.25) is 0 Å². The van der Waals surface area contributed by atoms with E-state index in [4.69, 9.17) is 5.73 Å². The van der Waals surface area contributed by atoms with Gasteiger partial charge in [-0.1, -0.05) is 0 Å². The normalized spacial score (nSPS) is 11.2. The Bertz CT molecular complexity index is 468. The molecule has 0 spiro atoms. The highest BCUT2D eigenvalue weighted by molar-refractivity contribution is 7.15. The lowest BCUT2D eigenvalue weighted by Gasteiger charge is -2.02. The van der Waals surface area contributed by atoms with Gasteiger partial charge in [0.1, 0.15) is 5.69 Å². The molecule has 0 saturated heterocycles. The second-order valence-electron chi connectivity index (χ2n) is 3.92. The number of nitrogens with two attached hydrogens (primary N) is 1. The van der Waals surface area contributed by atoms with Crippen molar-refractivity contribution < 1.29 is 0 Å². The SMILES string of the molecule is Cc1ccc(-c2nn(C(C)C)cc2N)s1. The second-order valence-corrected chi connectivity index (χ2v) is 5.21. The van der Waals surface area contributed by atoms with Crippen molar-refractivity contribution in [2.24, 2.45) is 0 Å². The smallest absolute Gasteiger partial charge is 0.125 e. The molecule has 2 aromatic rings. The van der Waals surface area contributed by atoms with Crippen molar-refractivity contribution in [3.63, 3.8) is 0 Å². The zero-order chi connectivity index (χ0) is 11.0. The molecular formula is C11H15N3S. The van der Waals surface area contributed by atoms with Crippen LogP contribution in [0.4, 0.5) is 5.69 Å². The number of aromatic nitrogens is 2. The summed E-state index contributed by atoms with van der Waals surface area (Å²) in [5.74, 6) is 0. The van der Waals surface area contributed by atoms with Crippen molar-refractivity contribution in [1.29, 1.82) is 0 Å². The predicted molar refractivity (Wildman–Crippen MR) is 65.1 cm³/mol. The second kappa shape index (κ2) is 3.70. The molecule has 0 aliphatic rings. The molecule has 0 saturated carbocycles. The lowest BCUT2D eigenvalue weighted by atomic mass is 10.3. The Balaban J connectivity index is 2.44. The molecule has 3 nitrogen and oxygen atoms in total. The average molecular weight is 221 g/mol. The minimum Gasteiger partial charge on any atom is -0.396 e. The van der Waals surface area contributed by atoms with Gasteiger partial charge in [-0.25, -0.2) is 0 Å². The van der Waals surface area contributed by atoms with Gasteiger partial charge in [-0.2, -0.15) is 5.10 Å². The van der Waals surface area contributed by atoms with Gasteiger partial charge in [0, 0.05) is 17.1 Å². The van der Waals surface area contributed by atoms with Gasteiger partial charge in [0.15, 0.2) is 0 Å². The minimum absolute atomic E-state index is 0.349. The van der Waals surface area contributed by atoms with Crippen molar-refractivity contribution in [2.45, 2.75) is 26.8 Å². The summed E-state index contributed by atoms with van der Waals surface area (Å²) in [6.45, 7) is 6.27. The highest BCUT2D eigenvalue weighted by Crippen LogP contribution is 2.31. The molecule has 2 heterocycles. The Morgan fingerprint density at radius 1 is 1.40 bits per heavy atom. The van der Waals surface area contributed by atoms with Gasteiger partial charge in [0.25, 0.3) is 0 Å². The maximum atomic E-state index is 5.94. The first kappa shape index (κ1) is 10.2. The average Bonchev–Trinajstić information content (AvgIpc) is 2.71. The van der Waals surface area contributed by atoms with Crippen LogP contribution in [0.1, 0.15) is 24.8 Å². The molecule has 0 aromatic carbocycles. The van der Waals surface area contributed by atoms with Gasteiger partial charge in [0.05, 0.1) is 10.6 Å². The molecule has 80 valence electrons. The first-order chi connectivity index (χ1) is 7.08. The summed E-state index contributed by atoms with van der Waals surface area (Å²) in [5.41, 5.74) is 7.60. The van der Waals surface area contributed by atoms with E-state index in [9.17, 15) is 0 Å². The van der Waals surface area contributed by atoms with Crippen LogP contribution in [0.15, 0.2) is 18.3 Å². The third-order valence-electron chi connectivity index (χ3n) is 2.26. The third kappa shape index (κ3) is 1.90. The Labute approximate surface area is 93.5 Å². The molecule has 2 aromatic heterocycles. The largest absolute Gasteiger partial charge is 0.396 e. The van der Waals surface area contributed by atoms with Crippen LogP contribution in [-0.2, 0) is 0 Å². The van der Waals surface area contributed by atoms with Crippen molar-refractivity contribution in [1.82, 2.24) is 9.78 Å². The number of anilines is 1. The number of thiophene rings is 1. The lowest BCUT2D eigenvalue weighted by Crippen LogP contribution is -2.00. The fourth-order valence-corrected chi connectivity index (χ4v) is 2.30. The van der Waals surface area contributed by atoms with Gasteiger partial charge in [-0.3, -0.25) is 4.68 Å². The molecule has 0 radical (unpaired) electrons. The van der Waals surface area contributed by atoms with Crippen molar-refractivity contribution in [3.05, 3.63) is 23.2 Å². The molecule has 4 heteroatoms. The van der Waals surface area contributed by atoms with Gasteiger partial charge >= 0.3 is 0 Å². The summed E-state index contributed by atoms with van der Waals surface area (Å²) in [4.78, 5) is 2.42. The molecule has 15 heavy (non-hydrogen) atoms. The molecular weight excluding hydrogens is 206 g/mol. The van der Waals surface area contributed by atoms with E-state index in [-0.39, 0.29) is 0 Å². The van der Waals surface area contributed by atoms with E-state index >= 15 is 0 Å². The number of nitrogen functional groups attached to an aromatic ring is 1. The fourth-order valence-electron chi connectivity index (χ4n) is 1.42. The van der Waals surface area contributed by atoms with E-state index in [0.29, 0.717) is 6.04 Å². The quantitative estimate of drug-likeness (QED) is 0.847. The van der Waals surface area contributed by atoms with E-state index in [1.54, 1.807) is 11.3 Å². The standard InChI is InChI=1S/C11H15N3S/c1-7(2)14-6-9(12)11(13-14)10-5-4-8(3)15-10/h4-7H,12H2,1-3H3. The minimum atomic E-state index is 0.349. The van der Waals surface area contributed by atoms with Crippen LogP contribution in [-0.4, -0.2) is 9.78 Å². The number of aryl methyl sites for hydroxylation is 1. The Kier molecular flexibility index (Phi) is 2.52.